The zero-order chi connectivity index (χ0) is 14.1. The molecule has 3 heteroatoms. The van der Waals surface area contributed by atoms with Crippen LogP contribution in [0.1, 0.15) is 26.3 Å². The van der Waals surface area contributed by atoms with Gasteiger partial charge in [-0.15, -0.1) is 0 Å². The van der Waals surface area contributed by atoms with Crippen LogP contribution >= 0.6 is 0 Å². The predicted molar refractivity (Wildman–Crippen MR) is 82.6 cm³/mol. The maximum Gasteiger partial charge on any atom is 0.0504 e. The Morgan fingerprint density at radius 3 is 2.53 bits per heavy atom. The molecule has 0 saturated carbocycles. The Hall–Kier alpha value is -1.06. The highest BCUT2D eigenvalue weighted by Gasteiger charge is 2.07. The average Bonchev–Trinajstić information content (AvgIpc) is 2.44. The van der Waals surface area contributed by atoms with Gasteiger partial charge in [-0.2, -0.15) is 0 Å². The summed E-state index contributed by atoms with van der Waals surface area (Å²) in [5.74, 6) is 0.520. The van der Waals surface area contributed by atoms with Crippen molar-refractivity contribution in [2.75, 3.05) is 38.7 Å². The lowest BCUT2D eigenvalue weighted by Gasteiger charge is -2.21. The van der Waals surface area contributed by atoms with Crippen molar-refractivity contribution in [3.05, 3.63) is 29.8 Å². The van der Waals surface area contributed by atoms with Crippen molar-refractivity contribution in [2.45, 2.75) is 27.3 Å². The highest BCUT2D eigenvalue weighted by atomic mass is 16.5. The van der Waals surface area contributed by atoms with Crippen LogP contribution in [-0.4, -0.2) is 38.3 Å². The van der Waals surface area contributed by atoms with Gasteiger partial charge in [-0.25, -0.2) is 0 Å². The van der Waals surface area contributed by atoms with E-state index >= 15 is 0 Å². The van der Waals surface area contributed by atoms with E-state index in [-0.39, 0.29) is 0 Å². The molecule has 19 heavy (non-hydrogen) atoms. The second-order valence-electron chi connectivity index (χ2n) is 5.06. The first-order valence-corrected chi connectivity index (χ1v) is 7.24. The summed E-state index contributed by atoms with van der Waals surface area (Å²) in [6.45, 7) is 11.5. The highest BCUT2D eigenvalue weighted by molar-refractivity contribution is 5.51. The van der Waals surface area contributed by atoms with E-state index in [1.54, 1.807) is 7.11 Å². The Morgan fingerprint density at radius 2 is 1.89 bits per heavy atom. The second-order valence-corrected chi connectivity index (χ2v) is 5.06. The second kappa shape index (κ2) is 8.94. The van der Waals surface area contributed by atoms with Gasteiger partial charge in [0.2, 0.25) is 0 Å². The lowest BCUT2D eigenvalue weighted by atomic mass is 10.1. The molecule has 0 spiro atoms. The molecule has 0 amide bonds. The number of anilines is 1. The van der Waals surface area contributed by atoms with Crippen molar-refractivity contribution in [2.24, 2.45) is 5.92 Å². The van der Waals surface area contributed by atoms with Crippen LogP contribution in [0.4, 0.5) is 5.69 Å². The molecule has 0 aliphatic heterocycles. The van der Waals surface area contributed by atoms with E-state index in [4.69, 9.17) is 4.74 Å². The van der Waals surface area contributed by atoms with Crippen LogP contribution in [0.25, 0.3) is 0 Å². The minimum absolute atomic E-state index is 0.520. The average molecular weight is 264 g/mol. The zero-order valence-electron chi connectivity index (χ0n) is 12.8. The van der Waals surface area contributed by atoms with Crippen LogP contribution < -0.4 is 5.32 Å². The van der Waals surface area contributed by atoms with Gasteiger partial charge in [0.05, 0.1) is 6.61 Å². The number of rotatable bonds is 9. The SMILES string of the molecule is CCN(CC)Cc1ccccc1NCC(C)COC. The zero-order valence-corrected chi connectivity index (χ0v) is 12.8. The van der Waals surface area contributed by atoms with Gasteiger partial charge in [0.25, 0.3) is 0 Å². The molecule has 0 bridgehead atoms. The molecule has 0 heterocycles. The molecule has 3 nitrogen and oxygen atoms in total. The molecule has 1 aromatic rings. The molecule has 1 aromatic carbocycles. The molecule has 0 saturated heterocycles. The normalized spacial score (nSPS) is 12.7. The molecular weight excluding hydrogens is 236 g/mol. The van der Waals surface area contributed by atoms with Crippen LogP contribution in [0.5, 0.6) is 0 Å². The first-order valence-electron chi connectivity index (χ1n) is 7.24. The third-order valence-electron chi connectivity index (χ3n) is 3.40. The molecule has 1 unspecified atom stereocenters. The Kier molecular flexibility index (Phi) is 7.53. The number of methoxy groups -OCH3 is 1. The Balaban J connectivity index is 2.62. The van der Waals surface area contributed by atoms with E-state index in [1.165, 1.54) is 11.3 Å². The van der Waals surface area contributed by atoms with Crippen LogP contribution in [0, 0.1) is 5.92 Å². The van der Waals surface area contributed by atoms with Crippen molar-refractivity contribution < 1.29 is 4.74 Å². The molecule has 1 N–H and O–H groups in total. The summed E-state index contributed by atoms with van der Waals surface area (Å²) in [7, 11) is 1.75. The number of hydrogen-bond acceptors (Lipinski definition) is 3. The molecule has 0 fully saturated rings. The summed E-state index contributed by atoms with van der Waals surface area (Å²) >= 11 is 0. The number of para-hydroxylation sites is 1. The standard InChI is InChI=1S/C16H28N2O/c1-5-18(6-2)12-15-9-7-8-10-16(15)17-11-14(3)13-19-4/h7-10,14,17H,5-6,11-13H2,1-4H3. The van der Waals surface area contributed by atoms with Crippen LogP contribution in [0.15, 0.2) is 24.3 Å². The van der Waals surface area contributed by atoms with Gasteiger partial charge in [0.15, 0.2) is 0 Å². The lowest BCUT2D eigenvalue weighted by molar-refractivity contribution is 0.164. The number of nitrogens with zero attached hydrogens (tertiary/aromatic N) is 1. The summed E-state index contributed by atoms with van der Waals surface area (Å²) in [6, 6.07) is 8.58. The summed E-state index contributed by atoms with van der Waals surface area (Å²) in [6.07, 6.45) is 0. The fourth-order valence-corrected chi connectivity index (χ4v) is 2.15. The van der Waals surface area contributed by atoms with Gasteiger partial charge < -0.3 is 10.1 Å². The summed E-state index contributed by atoms with van der Waals surface area (Å²) in [4.78, 5) is 2.43. The third kappa shape index (κ3) is 5.62. The van der Waals surface area contributed by atoms with E-state index in [9.17, 15) is 0 Å². The molecule has 0 aliphatic rings. The summed E-state index contributed by atoms with van der Waals surface area (Å²) < 4.78 is 5.17. The van der Waals surface area contributed by atoms with Gasteiger partial charge >= 0.3 is 0 Å². The van der Waals surface area contributed by atoms with E-state index in [0.717, 1.165) is 32.8 Å². The quantitative estimate of drug-likeness (QED) is 0.741. The molecule has 1 atom stereocenters. The monoisotopic (exact) mass is 264 g/mol. The number of hydrogen-bond donors (Lipinski definition) is 1. The van der Waals surface area contributed by atoms with Crippen molar-refractivity contribution in [1.82, 2.24) is 4.90 Å². The molecule has 108 valence electrons. The minimum Gasteiger partial charge on any atom is -0.384 e. The van der Waals surface area contributed by atoms with Gasteiger partial charge in [0.1, 0.15) is 0 Å². The van der Waals surface area contributed by atoms with E-state index in [1.807, 2.05) is 0 Å². The lowest BCUT2D eigenvalue weighted by Crippen LogP contribution is -2.23. The highest BCUT2D eigenvalue weighted by Crippen LogP contribution is 2.17. The van der Waals surface area contributed by atoms with Crippen LogP contribution in [-0.2, 0) is 11.3 Å². The molecular formula is C16H28N2O. The molecule has 0 aliphatic carbocycles. The number of ether oxygens (including phenoxy) is 1. The number of nitrogens with one attached hydrogen (secondary N) is 1. The molecule has 0 radical (unpaired) electrons. The molecule has 1 rings (SSSR count). The van der Waals surface area contributed by atoms with Gasteiger partial charge in [-0.3, -0.25) is 4.90 Å². The van der Waals surface area contributed by atoms with Crippen molar-refractivity contribution in [3.63, 3.8) is 0 Å². The largest absolute Gasteiger partial charge is 0.384 e. The Morgan fingerprint density at radius 1 is 1.21 bits per heavy atom. The van der Waals surface area contributed by atoms with Gasteiger partial charge in [0, 0.05) is 25.9 Å². The van der Waals surface area contributed by atoms with Crippen molar-refractivity contribution in [1.29, 1.82) is 0 Å². The molecule has 0 aromatic heterocycles. The van der Waals surface area contributed by atoms with E-state index in [2.05, 4.69) is 55.3 Å². The van der Waals surface area contributed by atoms with Gasteiger partial charge in [-0.1, -0.05) is 39.0 Å². The first kappa shape index (κ1) is 16.0. The predicted octanol–water partition coefficient (Wildman–Crippen LogP) is 3.22. The first-order chi connectivity index (χ1) is 9.21. The number of benzene rings is 1. The fraction of sp³-hybridized carbons (Fsp3) is 0.625. The minimum atomic E-state index is 0.520. The third-order valence-corrected chi connectivity index (χ3v) is 3.40. The topological polar surface area (TPSA) is 24.5 Å². The maximum absolute atomic E-state index is 5.17. The van der Waals surface area contributed by atoms with Crippen molar-refractivity contribution >= 4 is 5.69 Å². The smallest absolute Gasteiger partial charge is 0.0504 e. The van der Waals surface area contributed by atoms with Gasteiger partial charge in [-0.05, 0) is 30.6 Å². The van der Waals surface area contributed by atoms with Crippen LogP contribution in [0.3, 0.4) is 0 Å². The Bertz CT molecular complexity index is 350. The fourth-order valence-electron chi connectivity index (χ4n) is 2.15. The summed E-state index contributed by atoms with van der Waals surface area (Å²) in [5.41, 5.74) is 2.62. The van der Waals surface area contributed by atoms with E-state index < -0.39 is 0 Å². The van der Waals surface area contributed by atoms with Crippen molar-refractivity contribution in [3.8, 4) is 0 Å². The van der Waals surface area contributed by atoms with E-state index in [0.29, 0.717) is 5.92 Å². The van der Waals surface area contributed by atoms with Crippen LogP contribution in [0.2, 0.25) is 0 Å². The maximum atomic E-state index is 5.17. The Labute approximate surface area is 118 Å². The summed E-state index contributed by atoms with van der Waals surface area (Å²) in [5, 5.41) is 3.54.